The summed E-state index contributed by atoms with van der Waals surface area (Å²) in [4.78, 5) is 0.224. The normalized spacial score (nSPS) is 18.9. The molecule has 1 aliphatic heterocycles. The monoisotopic (exact) mass is 335 g/mol. The first kappa shape index (κ1) is 16.2. The third-order valence-corrected chi connectivity index (χ3v) is 6.26. The molecule has 124 valence electrons. The number of piperidine rings is 1. The Morgan fingerprint density at radius 1 is 1.22 bits per heavy atom. The summed E-state index contributed by atoms with van der Waals surface area (Å²) in [5.41, 5.74) is 0.890. The van der Waals surface area contributed by atoms with Gasteiger partial charge in [-0.2, -0.15) is 9.40 Å². The molecule has 1 N–H and O–H groups in total. The molecule has 23 heavy (non-hydrogen) atoms. The molecule has 1 fully saturated rings. The summed E-state index contributed by atoms with van der Waals surface area (Å²) in [5.74, 6) is 0.0812. The van der Waals surface area contributed by atoms with Crippen LogP contribution < -0.4 is 0 Å². The fourth-order valence-electron chi connectivity index (χ4n) is 3.04. The van der Waals surface area contributed by atoms with Gasteiger partial charge in [0, 0.05) is 26.3 Å². The van der Waals surface area contributed by atoms with Gasteiger partial charge in [-0.1, -0.05) is 30.3 Å². The Morgan fingerprint density at radius 2 is 1.87 bits per heavy atom. The molecule has 2 heterocycles. The van der Waals surface area contributed by atoms with Crippen molar-refractivity contribution in [3.63, 3.8) is 0 Å². The summed E-state index contributed by atoms with van der Waals surface area (Å²) in [6, 6.07) is 9.53. The van der Waals surface area contributed by atoms with Gasteiger partial charge < -0.3 is 5.11 Å². The Kier molecular flexibility index (Phi) is 4.52. The van der Waals surface area contributed by atoms with Crippen LogP contribution in [-0.4, -0.2) is 40.7 Å². The summed E-state index contributed by atoms with van der Waals surface area (Å²) in [7, 11) is -1.79. The quantitative estimate of drug-likeness (QED) is 0.920. The first-order valence-corrected chi connectivity index (χ1v) is 9.14. The van der Waals surface area contributed by atoms with Gasteiger partial charge in [0.05, 0.1) is 12.3 Å². The van der Waals surface area contributed by atoms with Gasteiger partial charge in [-0.05, 0) is 24.3 Å². The van der Waals surface area contributed by atoms with E-state index in [9.17, 15) is 13.5 Å². The van der Waals surface area contributed by atoms with Gasteiger partial charge in [0.2, 0.25) is 10.0 Å². The van der Waals surface area contributed by atoms with Crippen molar-refractivity contribution in [2.24, 2.45) is 13.0 Å². The predicted octanol–water partition coefficient (Wildman–Crippen LogP) is 1.55. The number of aromatic nitrogens is 2. The van der Waals surface area contributed by atoms with Crippen molar-refractivity contribution < 1.29 is 13.5 Å². The molecule has 0 radical (unpaired) electrons. The first-order chi connectivity index (χ1) is 11.0. The van der Waals surface area contributed by atoms with E-state index in [2.05, 4.69) is 5.10 Å². The van der Waals surface area contributed by atoms with Gasteiger partial charge in [0.15, 0.2) is 0 Å². The molecule has 1 aromatic carbocycles. The first-order valence-electron chi connectivity index (χ1n) is 7.70. The van der Waals surface area contributed by atoms with E-state index in [1.165, 1.54) is 21.4 Å². The highest BCUT2D eigenvalue weighted by Crippen LogP contribution is 2.32. The lowest BCUT2D eigenvalue weighted by molar-refractivity contribution is 0.0760. The van der Waals surface area contributed by atoms with Crippen molar-refractivity contribution in [2.75, 3.05) is 13.1 Å². The van der Waals surface area contributed by atoms with Crippen LogP contribution in [-0.2, 0) is 17.1 Å². The van der Waals surface area contributed by atoms with Crippen LogP contribution in [0.3, 0.4) is 0 Å². The zero-order chi connectivity index (χ0) is 16.4. The van der Waals surface area contributed by atoms with Crippen molar-refractivity contribution in [3.05, 3.63) is 48.3 Å². The van der Waals surface area contributed by atoms with Crippen molar-refractivity contribution in [1.82, 2.24) is 14.1 Å². The molecular formula is C16H21N3O3S. The SMILES string of the molecule is Cn1cc(S(=O)(=O)N2CCC(C(O)c3ccccc3)CC2)cn1. The van der Waals surface area contributed by atoms with Gasteiger partial charge >= 0.3 is 0 Å². The number of aliphatic hydroxyl groups excluding tert-OH is 1. The number of nitrogens with zero attached hydrogens (tertiary/aromatic N) is 3. The molecule has 0 amide bonds. The average Bonchev–Trinajstić information content (AvgIpc) is 3.02. The molecule has 2 aromatic rings. The summed E-state index contributed by atoms with van der Waals surface area (Å²) in [6.45, 7) is 0.845. The zero-order valence-electron chi connectivity index (χ0n) is 13.0. The van der Waals surface area contributed by atoms with Crippen LogP contribution in [0.15, 0.2) is 47.6 Å². The molecule has 1 unspecified atom stereocenters. The van der Waals surface area contributed by atoms with E-state index in [0.717, 1.165) is 5.56 Å². The van der Waals surface area contributed by atoms with Crippen molar-refractivity contribution >= 4 is 10.0 Å². The fourth-order valence-corrected chi connectivity index (χ4v) is 4.49. The van der Waals surface area contributed by atoms with E-state index in [-0.39, 0.29) is 10.8 Å². The Bertz CT molecular complexity index is 750. The summed E-state index contributed by atoms with van der Waals surface area (Å²) < 4.78 is 28.1. The van der Waals surface area contributed by atoms with E-state index in [1.54, 1.807) is 7.05 Å². The molecule has 6 nitrogen and oxygen atoms in total. The molecule has 0 spiro atoms. The molecule has 1 aromatic heterocycles. The third-order valence-electron chi connectivity index (χ3n) is 4.41. The standard InChI is InChI=1S/C16H21N3O3S/c1-18-12-15(11-17-18)23(21,22)19-9-7-14(8-10-19)16(20)13-5-3-2-4-6-13/h2-6,11-12,14,16,20H,7-10H2,1H3. The van der Waals surface area contributed by atoms with Crippen LogP contribution in [0.1, 0.15) is 24.5 Å². The van der Waals surface area contributed by atoms with Crippen molar-refractivity contribution in [1.29, 1.82) is 0 Å². The van der Waals surface area contributed by atoms with Crippen LogP contribution in [0.5, 0.6) is 0 Å². The second kappa shape index (κ2) is 6.43. The lowest BCUT2D eigenvalue weighted by Gasteiger charge is -2.33. The molecule has 3 rings (SSSR count). The zero-order valence-corrected chi connectivity index (χ0v) is 13.9. The highest BCUT2D eigenvalue weighted by Gasteiger charge is 2.33. The molecule has 1 atom stereocenters. The van der Waals surface area contributed by atoms with Crippen molar-refractivity contribution in [3.8, 4) is 0 Å². The predicted molar refractivity (Wildman–Crippen MR) is 86.1 cm³/mol. The number of sulfonamides is 1. The highest BCUT2D eigenvalue weighted by atomic mass is 32.2. The smallest absolute Gasteiger partial charge is 0.246 e. The highest BCUT2D eigenvalue weighted by molar-refractivity contribution is 7.89. The van der Waals surface area contributed by atoms with Gasteiger partial charge in [0.1, 0.15) is 4.90 Å². The molecular weight excluding hydrogens is 314 g/mol. The Balaban J connectivity index is 1.67. The number of hydrogen-bond donors (Lipinski definition) is 1. The van der Waals surface area contributed by atoms with E-state index in [1.807, 2.05) is 30.3 Å². The van der Waals surface area contributed by atoms with Crippen LogP contribution >= 0.6 is 0 Å². The largest absolute Gasteiger partial charge is 0.388 e. The molecule has 0 aliphatic carbocycles. The van der Waals surface area contributed by atoms with Gasteiger partial charge in [-0.3, -0.25) is 4.68 Å². The van der Waals surface area contributed by atoms with Crippen LogP contribution in [0.2, 0.25) is 0 Å². The number of rotatable bonds is 4. The van der Waals surface area contributed by atoms with Gasteiger partial charge in [-0.15, -0.1) is 0 Å². The topological polar surface area (TPSA) is 75.4 Å². The lowest BCUT2D eigenvalue weighted by atomic mass is 9.88. The van der Waals surface area contributed by atoms with Crippen molar-refractivity contribution in [2.45, 2.75) is 23.8 Å². The lowest BCUT2D eigenvalue weighted by Crippen LogP contribution is -2.39. The summed E-state index contributed by atoms with van der Waals surface area (Å²) in [5, 5.41) is 14.4. The van der Waals surface area contributed by atoms with Gasteiger partial charge in [-0.25, -0.2) is 8.42 Å². The number of aliphatic hydroxyl groups is 1. The minimum atomic E-state index is -3.49. The molecule has 1 saturated heterocycles. The van der Waals surface area contributed by atoms with E-state index in [0.29, 0.717) is 25.9 Å². The second-order valence-electron chi connectivity index (χ2n) is 5.95. The second-order valence-corrected chi connectivity index (χ2v) is 7.88. The molecule has 1 aliphatic rings. The fraction of sp³-hybridized carbons (Fsp3) is 0.438. The minimum absolute atomic E-state index is 0.0812. The number of aryl methyl sites for hydroxylation is 1. The van der Waals surface area contributed by atoms with Crippen LogP contribution in [0.25, 0.3) is 0 Å². The molecule has 7 heteroatoms. The third kappa shape index (κ3) is 3.31. The Labute approximate surface area is 136 Å². The number of hydrogen-bond acceptors (Lipinski definition) is 4. The Morgan fingerprint density at radius 3 is 2.43 bits per heavy atom. The number of benzene rings is 1. The molecule has 0 saturated carbocycles. The van der Waals surface area contributed by atoms with E-state index >= 15 is 0 Å². The average molecular weight is 335 g/mol. The maximum Gasteiger partial charge on any atom is 0.246 e. The molecule has 0 bridgehead atoms. The summed E-state index contributed by atoms with van der Waals surface area (Å²) >= 11 is 0. The van der Waals surface area contributed by atoms with Crippen LogP contribution in [0.4, 0.5) is 0 Å². The van der Waals surface area contributed by atoms with Crippen LogP contribution in [0, 0.1) is 5.92 Å². The maximum absolute atomic E-state index is 12.6. The maximum atomic E-state index is 12.6. The van der Waals surface area contributed by atoms with E-state index in [4.69, 9.17) is 0 Å². The van der Waals surface area contributed by atoms with E-state index < -0.39 is 16.1 Å². The minimum Gasteiger partial charge on any atom is -0.388 e. The summed E-state index contributed by atoms with van der Waals surface area (Å²) in [6.07, 6.45) is 3.64. The van der Waals surface area contributed by atoms with Gasteiger partial charge in [0.25, 0.3) is 0 Å². The Hall–Kier alpha value is -1.70.